The van der Waals surface area contributed by atoms with Crippen LogP contribution in [-0.2, 0) is 24.1 Å². The molecule has 0 aliphatic rings. The molecule has 0 saturated heterocycles. The Labute approximate surface area is 170 Å². The maximum absolute atomic E-state index is 11.3. The highest BCUT2D eigenvalue weighted by Crippen LogP contribution is 2.25. The van der Waals surface area contributed by atoms with E-state index in [0.717, 1.165) is 31.4 Å². The van der Waals surface area contributed by atoms with Crippen molar-refractivity contribution in [3.8, 4) is 0 Å². The van der Waals surface area contributed by atoms with Crippen molar-refractivity contribution in [2.24, 2.45) is 0 Å². The third-order valence-electron chi connectivity index (χ3n) is 3.68. The van der Waals surface area contributed by atoms with Crippen molar-refractivity contribution in [2.45, 2.75) is 39.5 Å². The van der Waals surface area contributed by atoms with Crippen LogP contribution in [0, 0.1) is 6.92 Å². The Hall–Kier alpha value is -2.66. The molecule has 0 aromatic carbocycles. The first-order valence-electron chi connectivity index (χ1n) is 8.66. The van der Waals surface area contributed by atoms with E-state index in [1.54, 1.807) is 16.8 Å². The smallest absolute Gasteiger partial charge is 0.423 e. The topological polar surface area (TPSA) is 132 Å². The molecule has 0 fully saturated rings. The molecular formula is C17H23N5O4S2. The first kappa shape index (κ1) is 21.6. The summed E-state index contributed by atoms with van der Waals surface area (Å²) in [7, 11) is 0. The minimum atomic E-state index is -1.32. The van der Waals surface area contributed by atoms with Crippen LogP contribution in [0.1, 0.15) is 34.4 Å². The summed E-state index contributed by atoms with van der Waals surface area (Å²) in [5.74, 6) is -0.121. The molecule has 2 aromatic heterocycles. The average molecular weight is 426 g/mol. The highest BCUT2D eigenvalue weighted by Gasteiger charge is 2.09. The molecule has 152 valence electrons. The van der Waals surface area contributed by atoms with E-state index in [9.17, 15) is 14.4 Å². The maximum atomic E-state index is 11.3. The van der Waals surface area contributed by atoms with Crippen LogP contribution in [0.2, 0.25) is 0 Å². The fourth-order valence-electron chi connectivity index (χ4n) is 2.45. The summed E-state index contributed by atoms with van der Waals surface area (Å²) < 4.78 is 0. The van der Waals surface area contributed by atoms with E-state index in [-0.39, 0.29) is 5.91 Å². The van der Waals surface area contributed by atoms with Gasteiger partial charge in [0.15, 0.2) is 5.13 Å². The Bertz CT molecular complexity index is 833. The van der Waals surface area contributed by atoms with Gasteiger partial charge < -0.3 is 15.7 Å². The number of aromatic nitrogens is 1. The number of carbonyl (C=O) groups is 3. The second-order valence-corrected chi connectivity index (χ2v) is 8.14. The predicted octanol–water partition coefficient (Wildman–Crippen LogP) is 2.67. The molecule has 5 N–H and O–H groups in total. The Kier molecular flexibility index (Phi) is 8.20. The number of carbonyl (C=O) groups excluding carboxylic acids is 2. The number of rotatable bonds is 8. The number of carboxylic acid groups (broad SMARTS) is 1. The van der Waals surface area contributed by atoms with Crippen molar-refractivity contribution in [1.82, 2.24) is 21.2 Å². The molecule has 9 nitrogen and oxygen atoms in total. The molecule has 2 rings (SSSR count). The number of amides is 4. The van der Waals surface area contributed by atoms with Crippen LogP contribution in [-0.4, -0.2) is 34.7 Å². The van der Waals surface area contributed by atoms with Crippen molar-refractivity contribution >= 4 is 45.8 Å². The Morgan fingerprint density at radius 3 is 2.68 bits per heavy atom. The van der Waals surface area contributed by atoms with Gasteiger partial charge in [-0.3, -0.25) is 4.79 Å². The molecule has 2 aromatic rings. The molecule has 0 atom stereocenters. The zero-order valence-corrected chi connectivity index (χ0v) is 17.3. The number of hydrogen-bond acceptors (Lipinski definition) is 6. The molecule has 4 amide bonds. The summed E-state index contributed by atoms with van der Waals surface area (Å²) in [6, 6.07) is 1.60. The van der Waals surface area contributed by atoms with Gasteiger partial charge in [0.1, 0.15) is 0 Å². The van der Waals surface area contributed by atoms with Crippen LogP contribution >= 0.6 is 22.7 Å². The normalized spacial score (nSPS) is 10.4. The van der Waals surface area contributed by atoms with Gasteiger partial charge in [0.25, 0.3) is 0 Å². The molecule has 11 heteroatoms. The lowest BCUT2D eigenvalue weighted by atomic mass is 10.1. The number of thiophene rings is 1. The molecule has 0 aliphatic heterocycles. The van der Waals surface area contributed by atoms with Gasteiger partial charge in [0.2, 0.25) is 5.91 Å². The summed E-state index contributed by atoms with van der Waals surface area (Å²) in [5, 5.41) is 16.3. The lowest BCUT2D eigenvalue weighted by molar-refractivity contribution is -0.114. The van der Waals surface area contributed by atoms with Crippen LogP contribution < -0.4 is 21.5 Å². The van der Waals surface area contributed by atoms with Gasteiger partial charge in [-0.25, -0.2) is 25.4 Å². The van der Waals surface area contributed by atoms with Gasteiger partial charge in [0.05, 0.1) is 5.69 Å². The van der Waals surface area contributed by atoms with Crippen molar-refractivity contribution in [3.63, 3.8) is 0 Å². The fourth-order valence-corrected chi connectivity index (χ4v) is 4.46. The summed E-state index contributed by atoms with van der Waals surface area (Å²) in [4.78, 5) is 39.6. The number of anilines is 1. The molecule has 0 bridgehead atoms. The largest absolute Gasteiger partial charge is 0.464 e. The van der Waals surface area contributed by atoms with Gasteiger partial charge in [-0.2, -0.15) is 0 Å². The van der Waals surface area contributed by atoms with Gasteiger partial charge >= 0.3 is 12.1 Å². The molecule has 0 radical (unpaired) electrons. The minimum Gasteiger partial charge on any atom is -0.464 e. The Balaban J connectivity index is 1.73. The van der Waals surface area contributed by atoms with Crippen molar-refractivity contribution in [1.29, 1.82) is 0 Å². The molecule has 0 saturated carbocycles. The first-order valence-corrected chi connectivity index (χ1v) is 10.4. The van der Waals surface area contributed by atoms with Gasteiger partial charge in [-0.1, -0.05) is 0 Å². The summed E-state index contributed by atoms with van der Waals surface area (Å²) in [6.45, 7) is 3.99. The molecule has 0 spiro atoms. The number of urea groups is 1. The summed E-state index contributed by atoms with van der Waals surface area (Å²) >= 11 is 3.18. The van der Waals surface area contributed by atoms with Crippen LogP contribution in [0.4, 0.5) is 14.7 Å². The van der Waals surface area contributed by atoms with E-state index in [2.05, 4.69) is 28.6 Å². The number of hydrazine groups is 1. The highest BCUT2D eigenvalue weighted by molar-refractivity contribution is 7.14. The number of hydrogen-bond donors (Lipinski definition) is 5. The zero-order chi connectivity index (χ0) is 20.5. The summed E-state index contributed by atoms with van der Waals surface area (Å²) in [6.07, 6.45) is 1.98. The Morgan fingerprint density at radius 2 is 1.96 bits per heavy atom. The Morgan fingerprint density at radius 1 is 1.18 bits per heavy atom. The lowest BCUT2D eigenvalue weighted by Crippen LogP contribution is -2.46. The molecule has 2 heterocycles. The quantitative estimate of drug-likeness (QED) is 0.328. The van der Waals surface area contributed by atoms with Crippen LogP contribution in [0.5, 0.6) is 0 Å². The van der Waals surface area contributed by atoms with E-state index in [1.165, 1.54) is 33.6 Å². The van der Waals surface area contributed by atoms with Gasteiger partial charge in [0, 0.05) is 28.6 Å². The SMILES string of the molecule is CC(=O)Nc1nc(CCc2cc(C)c(CCCNC(=O)NNC(=O)O)s2)cs1. The number of nitrogens with zero attached hydrogens (tertiary/aromatic N) is 1. The van der Waals surface area contributed by atoms with Crippen molar-refractivity contribution in [2.75, 3.05) is 11.9 Å². The number of thiazole rings is 1. The fraction of sp³-hybridized carbons (Fsp3) is 0.412. The molecule has 28 heavy (non-hydrogen) atoms. The lowest BCUT2D eigenvalue weighted by Gasteiger charge is -2.06. The third kappa shape index (κ3) is 7.53. The van der Waals surface area contributed by atoms with E-state index in [4.69, 9.17) is 5.11 Å². The van der Waals surface area contributed by atoms with E-state index >= 15 is 0 Å². The maximum Gasteiger partial charge on any atom is 0.423 e. The standard InChI is InChI=1S/C17H23N5O4S2/c1-10-8-13(6-5-12-9-27-16(20-12)19-11(2)23)28-14(10)4-3-7-18-15(24)21-22-17(25)26/h8-9,22H,3-7H2,1-2H3,(H,25,26)(H2,18,21,24)(H,19,20,23). The molecular weight excluding hydrogens is 402 g/mol. The second-order valence-electron chi connectivity index (χ2n) is 6.06. The van der Waals surface area contributed by atoms with Crippen LogP contribution in [0.15, 0.2) is 11.4 Å². The highest BCUT2D eigenvalue weighted by atomic mass is 32.1. The molecule has 0 aliphatic carbocycles. The second kappa shape index (κ2) is 10.6. The number of nitrogens with one attached hydrogen (secondary N) is 4. The first-order chi connectivity index (χ1) is 13.3. The van der Waals surface area contributed by atoms with E-state index in [0.29, 0.717) is 11.7 Å². The third-order valence-corrected chi connectivity index (χ3v) is 5.85. The molecule has 0 unspecified atom stereocenters. The predicted molar refractivity (Wildman–Crippen MR) is 109 cm³/mol. The van der Waals surface area contributed by atoms with Crippen molar-refractivity contribution in [3.05, 3.63) is 32.5 Å². The minimum absolute atomic E-state index is 0.121. The van der Waals surface area contributed by atoms with Gasteiger partial charge in [-0.05, 0) is 44.2 Å². The van der Waals surface area contributed by atoms with E-state index in [1.807, 2.05) is 10.8 Å². The number of aryl methyl sites for hydroxylation is 4. The monoisotopic (exact) mass is 425 g/mol. The van der Waals surface area contributed by atoms with Gasteiger partial charge in [-0.15, -0.1) is 22.7 Å². The van der Waals surface area contributed by atoms with E-state index < -0.39 is 12.1 Å². The van der Waals surface area contributed by atoms with Crippen LogP contribution in [0.25, 0.3) is 0 Å². The van der Waals surface area contributed by atoms with Crippen LogP contribution in [0.3, 0.4) is 0 Å². The zero-order valence-electron chi connectivity index (χ0n) is 15.6. The average Bonchev–Trinajstić information content (AvgIpc) is 3.20. The van der Waals surface area contributed by atoms with Crippen molar-refractivity contribution < 1.29 is 19.5 Å². The summed E-state index contributed by atoms with van der Waals surface area (Å²) in [5.41, 5.74) is 6.00.